The first-order chi connectivity index (χ1) is 17.0. The molecule has 0 bridgehead atoms. The van der Waals surface area contributed by atoms with E-state index in [1.54, 1.807) is 31.2 Å². The topological polar surface area (TPSA) is 114 Å². The second-order valence-electron chi connectivity index (χ2n) is 8.13. The number of carbonyl (C=O) groups excluding carboxylic acids is 2. The highest BCUT2D eigenvalue weighted by atomic mass is 16.5. The van der Waals surface area contributed by atoms with Gasteiger partial charge in [-0.3, -0.25) is 4.79 Å². The summed E-state index contributed by atoms with van der Waals surface area (Å²) < 4.78 is 10.6. The first-order valence-electron chi connectivity index (χ1n) is 11.3. The van der Waals surface area contributed by atoms with Crippen molar-refractivity contribution in [2.45, 2.75) is 25.3 Å². The van der Waals surface area contributed by atoms with E-state index < -0.39 is 24.7 Å². The third kappa shape index (κ3) is 5.60. The van der Waals surface area contributed by atoms with Crippen LogP contribution < -0.4 is 15.4 Å². The fraction of sp³-hybridized carbons (Fsp3) is 0.222. The molecular weight excluding hydrogens is 448 g/mol. The summed E-state index contributed by atoms with van der Waals surface area (Å²) >= 11 is 0. The van der Waals surface area contributed by atoms with Crippen LogP contribution in [0.15, 0.2) is 72.8 Å². The van der Waals surface area contributed by atoms with Gasteiger partial charge in [0.2, 0.25) is 5.91 Å². The summed E-state index contributed by atoms with van der Waals surface area (Å²) in [4.78, 5) is 35.8. The van der Waals surface area contributed by atoms with E-state index in [9.17, 15) is 14.4 Å². The molecule has 3 aromatic rings. The normalized spacial score (nSPS) is 12.7. The third-order valence-electron chi connectivity index (χ3n) is 5.84. The fourth-order valence-corrected chi connectivity index (χ4v) is 4.14. The Hall–Kier alpha value is -4.33. The molecule has 0 aliphatic heterocycles. The minimum atomic E-state index is -1.08. The number of carboxylic acid groups (broad SMARTS) is 1. The van der Waals surface area contributed by atoms with E-state index in [1.807, 2.05) is 36.4 Å². The average Bonchev–Trinajstić information content (AvgIpc) is 3.19. The lowest BCUT2D eigenvalue weighted by Gasteiger charge is -2.19. The summed E-state index contributed by atoms with van der Waals surface area (Å²) in [6, 6.07) is 21.7. The minimum absolute atomic E-state index is 0.0658. The number of alkyl carbamates (subject to hydrolysis) is 1. The third-order valence-corrected chi connectivity index (χ3v) is 5.84. The molecule has 3 aromatic carbocycles. The van der Waals surface area contributed by atoms with Crippen LogP contribution in [0.1, 0.15) is 30.4 Å². The number of aliphatic carboxylic acids is 1. The van der Waals surface area contributed by atoms with Crippen molar-refractivity contribution < 1.29 is 29.0 Å². The minimum Gasteiger partial charge on any atom is -0.482 e. The van der Waals surface area contributed by atoms with Gasteiger partial charge in [0.05, 0.1) is 0 Å². The fourth-order valence-electron chi connectivity index (χ4n) is 4.14. The monoisotopic (exact) mass is 474 g/mol. The molecule has 0 spiro atoms. The number of anilines is 1. The number of carbonyl (C=O) groups is 3. The maximum Gasteiger partial charge on any atom is 0.407 e. The number of amides is 2. The van der Waals surface area contributed by atoms with Gasteiger partial charge in [-0.15, -0.1) is 0 Å². The largest absolute Gasteiger partial charge is 0.482 e. The summed E-state index contributed by atoms with van der Waals surface area (Å²) in [5.74, 6) is -1.16. The number of nitrogens with one attached hydrogen (secondary N) is 2. The van der Waals surface area contributed by atoms with Crippen LogP contribution in [-0.4, -0.2) is 42.3 Å². The lowest BCUT2D eigenvalue weighted by atomic mass is 9.98. The number of hydrogen-bond acceptors (Lipinski definition) is 5. The Labute approximate surface area is 202 Å². The molecule has 1 atom stereocenters. The Morgan fingerprint density at radius 1 is 0.914 bits per heavy atom. The molecule has 0 unspecified atom stereocenters. The van der Waals surface area contributed by atoms with Gasteiger partial charge in [0.25, 0.3) is 0 Å². The quantitative estimate of drug-likeness (QED) is 0.423. The summed E-state index contributed by atoms with van der Waals surface area (Å²) in [6.45, 7) is 1.50. The van der Waals surface area contributed by atoms with Gasteiger partial charge in [0, 0.05) is 11.6 Å². The maximum absolute atomic E-state index is 12.7. The van der Waals surface area contributed by atoms with Crippen molar-refractivity contribution in [3.05, 3.63) is 83.9 Å². The van der Waals surface area contributed by atoms with Crippen LogP contribution in [-0.2, 0) is 14.3 Å². The zero-order chi connectivity index (χ0) is 24.8. The highest BCUT2D eigenvalue weighted by Crippen LogP contribution is 2.44. The second kappa shape index (κ2) is 10.7. The number of hydrogen-bond donors (Lipinski definition) is 3. The molecule has 4 rings (SSSR count). The van der Waals surface area contributed by atoms with Crippen molar-refractivity contribution in [1.82, 2.24) is 5.32 Å². The van der Waals surface area contributed by atoms with Crippen molar-refractivity contribution in [3.63, 3.8) is 0 Å². The van der Waals surface area contributed by atoms with E-state index in [-0.39, 0.29) is 18.4 Å². The molecule has 35 heavy (non-hydrogen) atoms. The van der Waals surface area contributed by atoms with Gasteiger partial charge in [-0.1, -0.05) is 55.5 Å². The van der Waals surface area contributed by atoms with Gasteiger partial charge in [0.1, 0.15) is 18.4 Å². The van der Waals surface area contributed by atoms with E-state index in [0.717, 1.165) is 22.3 Å². The summed E-state index contributed by atoms with van der Waals surface area (Å²) in [5.41, 5.74) is 5.00. The number of carboxylic acids is 1. The van der Waals surface area contributed by atoms with Crippen LogP contribution in [0.25, 0.3) is 11.1 Å². The Morgan fingerprint density at radius 3 is 2.09 bits per heavy atom. The predicted molar refractivity (Wildman–Crippen MR) is 130 cm³/mol. The van der Waals surface area contributed by atoms with Gasteiger partial charge in [-0.25, -0.2) is 9.59 Å². The Balaban J connectivity index is 1.33. The van der Waals surface area contributed by atoms with Gasteiger partial charge in [0.15, 0.2) is 6.61 Å². The lowest BCUT2D eigenvalue weighted by molar-refractivity contribution is -0.139. The SMILES string of the molecule is CC[C@H](NC(=O)OCC1c2ccccc2-c2ccccc21)C(=O)Nc1ccc(OCC(=O)O)cc1. The van der Waals surface area contributed by atoms with E-state index in [4.69, 9.17) is 14.6 Å². The molecule has 8 nitrogen and oxygen atoms in total. The van der Waals surface area contributed by atoms with E-state index in [1.165, 1.54) is 0 Å². The van der Waals surface area contributed by atoms with E-state index in [2.05, 4.69) is 22.8 Å². The molecule has 1 aliphatic rings. The van der Waals surface area contributed by atoms with Gasteiger partial charge < -0.3 is 25.2 Å². The van der Waals surface area contributed by atoms with Crippen LogP contribution in [0.4, 0.5) is 10.5 Å². The Bertz CT molecular complexity index is 1180. The van der Waals surface area contributed by atoms with Crippen LogP contribution in [0.5, 0.6) is 5.75 Å². The van der Waals surface area contributed by atoms with Crippen LogP contribution >= 0.6 is 0 Å². The van der Waals surface area contributed by atoms with Crippen molar-refractivity contribution in [3.8, 4) is 16.9 Å². The zero-order valence-corrected chi connectivity index (χ0v) is 19.2. The second-order valence-corrected chi connectivity index (χ2v) is 8.13. The van der Waals surface area contributed by atoms with Gasteiger partial charge >= 0.3 is 12.1 Å². The molecule has 0 saturated carbocycles. The molecule has 0 radical (unpaired) electrons. The smallest absolute Gasteiger partial charge is 0.407 e. The summed E-state index contributed by atoms with van der Waals surface area (Å²) in [6.07, 6.45) is -0.290. The number of rotatable bonds is 9. The average molecular weight is 475 g/mol. The lowest BCUT2D eigenvalue weighted by Crippen LogP contribution is -2.43. The van der Waals surface area contributed by atoms with Crippen molar-refractivity contribution in [1.29, 1.82) is 0 Å². The van der Waals surface area contributed by atoms with Gasteiger partial charge in [-0.05, 0) is 52.9 Å². The molecule has 0 aromatic heterocycles. The zero-order valence-electron chi connectivity index (χ0n) is 19.2. The van der Waals surface area contributed by atoms with E-state index in [0.29, 0.717) is 17.9 Å². The molecule has 2 amide bonds. The van der Waals surface area contributed by atoms with Crippen molar-refractivity contribution in [2.24, 2.45) is 0 Å². The molecule has 3 N–H and O–H groups in total. The molecule has 180 valence electrons. The van der Waals surface area contributed by atoms with Crippen molar-refractivity contribution >= 4 is 23.7 Å². The van der Waals surface area contributed by atoms with E-state index >= 15 is 0 Å². The van der Waals surface area contributed by atoms with Crippen LogP contribution in [0.2, 0.25) is 0 Å². The number of benzene rings is 3. The molecule has 0 heterocycles. The van der Waals surface area contributed by atoms with Crippen molar-refractivity contribution in [2.75, 3.05) is 18.5 Å². The number of fused-ring (bicyclic) bond motifs is 3. The molecule has 0 saturated heterocycles. The first kappa shape index (κ1) is 23.8. The molecule has 0 fully saturated rings. The number of ether oxygens (including phenoxy) is 2. The molecule has 8 heteroatoms. The Morgan fingerprint density at radius 2 is 1.51 bits per heavy atom. The molecule has 1 aliphatic carbocycles. The van der Waals surface area contributed by atoms with Crippen LogP contribution in [0.3, 0.4) is 0 Å². The maximum atomic E-state index is 12.7. The standard InChI is InChI=1S/C27H26N2O6/c1-2-24(26(32)28-17-11-13-18(14-12-17)34-16-25(30)31)29-27(33)35-15-23-21-9-5-3-7-19(21)20-8-4-6-10-22(20)23/h3-14,23-24H,2,15-16H2,1H3,(H,28,32)(H,29,33)(H,30,31)/t24-/m0/s1. The molecular formula is C27H26N2O6. The summed E-state index contributed by atoms with van der Waals surface area (Å²) in [7, 11) is 0. The van der Waals surface area contributed by atoms with Gasteiger partial charge in [-0.2, -0.15) is 0 Å². The highest BCUT2D eigenvalue weighted by Gasteiger charge is 2.29. The predicted octanol–water partition coefficient (Wildman–Crippen LogP) is 4.41. The highest BCUT2D eigenvalue weighted by molar-refractivity contribution is 5.96. The first-order valence-corrected chi connectivity index (χ1v) is 11.3. The summed E-state index contributed by atoms with van der Waals surface area (Å²) in [5, 5.41) is 14.0. The Kier molecular flexibility index (Phi) is 7.30. The van der Waals surface area contributed by atoms with Crippen LogP contribution in [0, 0.1) is 0 Å².